The van der Waals surface area contributed by atoms with Crippen molar-refractivity contribution in [3.8, 4) is 0 Å². The molecule has 0 saturated heterocycles. The van der Waals surface area contributed by atoms with E-state index in [4.69, 9.17) is 0 Å². The van der Waals surface area contributed by atoms with Crippen LogP contribution < -0.4 is 5.32 Å². The molecule has 1 aliphatic heterocycles. The Morgan fingerprint density at radius 3 is 2.58 bits per heavy atom. The average Bonchev–Trinajstić information content (AvgIpc) is 2.46. The van der Waals surface area contributed by atoms with E-state index >= 15 is 0 Å². The highest BCUT2D eigenvalue weighted by Gasteiger charge is 2.14. The smallest absolute Gasteiger partial charge is 0.0706 e. The SMILES string of the molecule is CC(C)C1=Cc2ccccc2[N]1. The fourth-order valence-electron chi connectivity index (χ4n) is 1.34. The molecule has 2 rings (SSSR count). The maximum absolute atomic E-state index is 4.51. The molecular weight excluding hydrogens is 146 g/mol. The van der Waals surface area contributed by atoms with Crippen LogP contribution in [0.2, 0.25) is 0 Å². The second-order valence-corrected chi connectivity index (χ2v) is 3.39. The number of hydrogen-bond donors (Lipinski definition) is 0. The van der Waals surface area contributed by atoms with Gasteiger partial charge in [0.05, 0.1) is 5.69 Å². The van der Waals surface area contributed by atoms with E-state index in [-0.39, 0.29) is 0 Å². The van der Waals surface area contributed by atoms with Crippen LogP contribution in [0.25, 0.3) is 6.08 Å². The molecule has 0 saturated carbocycles. The van der Waals surface area contributed by atoms with Crippen molar-refractivity contribution in [2.75, 3.05) is 0 Å². The number of rotatable bonds is 1. The summed E-state index contributed by atoms with van der Waals surface area (Å²) in [5.41, 5.74) is 3.55. The number of fused-ring (bicyclic) bond motifs is 1. The van der Waals surface area contributed by atoms with Crippen LogP contribution in [0.3, 0.4) is 0 Å². The van der Waals surface area contributed by atoms with Gasteiger partial charge >= 0.3 is 0 Å². The van der Waals surface area contributed by atoms with Crippen molar-refractivity contribution in [1.82, 2.24) is 5.32 Å². The second kappa shape index (κ2) is 2.67. The number of nitrogens with zero attached hydrogens (tertiary/aromatic N) is 1. The quantitative estimate of drug-likeness (QED) is 0.596. The number of para-hydroxylation sites is 1. The van der Waals surface area contributed by atoms with E-state index in [1.165, 1.54) is 11.3 Å². The highest BCUT2D eigenvalue weighted by Crippen LogP contribution is 2.29. The molecule has 1 nitrogen and oxygen atoms in total. The van der Waals surface area contributed by atoms with Crippen LogP contribution in [-0.2, 0) is 0 Å². The largest absolute Gasteiger partial charge is 0.253 e. The van der Waals surface area contributed by atoms with Crippen molar-refractivity contribution < 1.29 is 0 Å². The van der Waals surface area contributed by atoms with Gasteiger partial charge in [0.2, 0.25) is 0 Å². The lowest BCUT2D eigenvalue weighted by atomic mass is 10.1. The van der Waals surface area contributed by atoms with Crippen molar-refractivity contribution in [1.29, 1.82) is 0 Å². The first-order valence-corrected chi connectivity index (χ1v) is 4.30. The van der Waals surface area contributed by atoms with E-state index in [0.29, 0.717) is 5.92 Å². The zero-order valence-corrected chi connectivity index (χ0v) is 7.41. The lowest BCUT2D eigenvalue weighted by Crippen LogP contribution is -1.99. The number of benzene rings is 1. The second-order valence-electron chi connectivity index (χ2n) is 3.39. The van der Waals surface area contributed by atoms with Crippen molar-refractivity contribution in [3.63, 3.8) is 0 Å². The maximum Gasteiger partial charge on any atom is 0.0706 e. The molecule has 1 heterocycles. The standard InChI is InChI=1S/C11H12N/c1-8(2)11-7-9-5-3-4-6-10(9)12-11/h3-8H,1-2H3. The maximum atomic E-state index is 4.51. The Morgan fingerprint density at radius 1 is 1.17 bits per heavy atom. The van der Waals surface area contributed by atoms with Gasteiger partial charge in [-0.1, -0.05) is 32.0 Å². The van der Waals surface area contributed by atoms with E-state index in [1.54, 1.807) is 0 Å². The molecule has 1 aliphatic rings. The van der Waals surface area contributed by atoms with Crippen LogP contribution in [0.1, 0.15) is 19.4 Å². The molecule has 1 aromatic rings. The Hall–Kier alpha value is -1.24. The lowest BCUT2D eigenvalue weighted by Gasteiger charge is -2.04. The van der Waals surface area contributed by atoms with Crippen molar-refractivity contribution in [3.05, 3.63) is 35.5 Å². The molecule has 0 spiro atoms. The Balaban J connectivity index is 2.35. The predicted molar refractivity (Wildman–Crippen MR) is 51.1 cm³/mol. The first-order chi connectivity index (χ1) is 5.77. The Labute approximate surface area is 73.1 Å². The fraction of sp³-hybridized carbons (Fsp3) is 0.273. The first-order valence-electron chi connectivity index (χ1n) is 4.30. The van der Waals surface area contributed by atoms with Gasteiger partial charge < -0.3 is 0 Å². The summed E-state index contributed by atoms with van der Waals surface area (Å²) < 4.78 is 0. The molecule has 0 aliphatic carbocycles. The summed E-state index contributed by atoms with van der Waals surface area (Å²) in [5.74, 6) is 0.525. The molecule has 1 radical (unpaired) electrons. The van der Waals surface area contributed by atoms with Gasteiger partial charge in [-0.25, -0.2) is 0 Å². The van der Waals surface area contributed by atoms with Gasteiger partial charge in [-0.3, -0.25) is 5.32 Å². The minimum atomic E-state index is 0.525. The molecule has 0 bridgehead atoms. The monoisotopic (exact) mass is 158 g/mol. The highest BCUT2D eigenvalue weighted by atomic mass is 14.9. The van der Waals surface area contributed by atoms with Gasteiger partial charge in [-0.2, -0.15) is 0 Å². The zero-order chi connectivity index (χ0) is 8.55. The van der Waals surface area contributed by atoms with Gasteiger partial charge in [0, 0.05) is 11.3 Å². The van der Waals surface area contributed by atoms with Crippen LogP contribution in [0.5, 0.6) is 0 Å². The Morgan fingerprint density at radius 2 is 1.92 bits per heavy atom. The van der Waals surface area contributed by atoms with Crippen LogP contribution in [0.4, 0.5) is 5.69 Å². The molecule has 0 unspecified atom stereocenters. The highest BCUT2D eigenvalue weighted by molar-refractivity contribution is 5.71. The third-order valence-electron chi connectivity index (χ3n) is 2.08. The van der Waals surface area contributed by atoms with Gasteiger partial charge in [-0.05, 0) is 18.1 Å². The molecule has 1 aromatic carbocycles. The topological polar surface area (TPSA) is 14.1 Å². The van der Waals surface area contributed by atoms with E-state index in [1.807, 2.05) is 12.1 Å². The average molecular weight is 158 g/mol. The molecule has 12 heavy (non-hydrogen) atoms. The summed E-state index contributed by atoms with van der Waals surface area (Å²) in [6.45, 7) is 4.34. The van der Waals surface area contributed by atoms with Crippen LogP contribution in [-0.4, -0.2) is 0 Å². The van der Waals surface area contributed by atoms with Crippen molar-refractivity contribution in [2.24, 2.45) is 5.92 Å². The third kappa shape index (κ3) is 1.11. The zero-order valence-electron chi connectivity index (χ0n) is 7.41. The summed E-state index contributed by atoms with van der Waals surface area (Å²) in [7, 11) is 0. The molecule has 0 fully saturated rings. The van der Waals surface area contributed by atoms with Crippen molar-refractivity contribution >= 4 is 11.8 Å². The lowest BCUT2D eigenvalue weighted by molar-refractivity contribution is 0.727. The molecule has 1 heteroatoms. The number of hydrogen-bond acceptors (Lipinski definition) is 0. The van der Waals surface area contributed by atoms with Crippen LogP contribution in [0.15, 0.2) is 30.0 Å². The van der Waals surface area contributed by atoms with E-state index in [9.17, 15) is 0 Å². The Bertz CT molecular complexity index is 324. The summed E-state index contributed by atoms with van der Waals surface area (Å²) in [6.07, 6.45) is 2.17. The van der Waals surface area contributed by atoms with Crippen molar-refractivity contribution in [2.45, 2.75) is 13.8 Å². The first kappa shape index (κ1) is 7.41. The predicted octanol–water partition coefficient (Wildman–Crippen LogP) is 2.93. The van der Waals surface area contributed by atoms with E-state index in [2.05, 4.69) is 37.4 Å². The third-order valence-corrected chi connectivity index (χ3v) is 2.08. The van der Waals surface area contributed by atoms with E-state index < -0.39 is 0 Å². The summed E-state index contributed by atoms with van der Waals surface area (Å²) in [4.78, 5) is 0. The molecule has 0 atom stereocenters. The van der Waals surface area contributed by atoms with Gasteiger partial charge in [0.15, 0.2) is 0 Å². The van der Waals surface area contributed by atoms with Gasteiger partial charge in [0.1, 0.15) is 0 Å². The van der Waals surface area contributed by atoms with Crippen LogP contribution in [0, 0.1) is 5.92 Å². The summed E-state index contributed by atoms with van der Waals surface area (Å²) in [6, 6.07) is 8.24. The molecule has 0 N–H and O–H groups in total. The Kier molecular flexibility index (Phi) is 1.65. The molecule has 0 amide bonds. The van der Waals surface area contributed by atoms with Gasteiger partial charge in [0.25, 0.3) is 0 Å². The number of allylic oxidation sites excluding steroid dienone is 1. The summed E-state index contributed by atoms with van der Waals surface area (Å²) in [5, 5.41) is 4.51. The normalized spacial score (nSPS) is 14.1. The van der Waals surface area contributed by atoms with Crippen LogP contribution >= 0.6 is 0 Å². The molecule has 61 valence electrons. The van der Waals surface area contributed by atoms with E-state index in [0.717, 1.165) is 5.69 Å². The molecular formula is C11H12N. The minimum absolute atomic E-state index is 0.525. The van der Waals surface area contributed by atoms with Gasteiger partial charge in [-0.15, -0.1) is 0 Å². The fourth-order valence-corrected chi connectivity index (χ4v) is 1.34. The minimum Gasteiger partial charge on any atom is -0.253 e. The summed E-state index contributed by atoms with van der Waals surface area (Å²) >= 11 is 0. The molecule has 0 aromatic heterocycles.